The second-order valence-corrected chi connectivity index (χ2v) is 8.86. The summed E-state index contributed by atoms with van der Waals surface area (Å²) in [4.78, 5) is 0. The van der Waals surface area contributed by atoms with Crippen molar-refractivity contribution >= 4 is 5.57 Å². The fraction of sp³-hybridized carbons (Fsp3) is 0.267. The van der Waals surface area contributed by atoms with Gasteiger partial charge in [0, 0.05) is 5.92 Å². The third kappa shape index (κ3) is 4.23. The Hall–Kier alpha value is -3.06. The van der Waals surface area contributed by atoms with Crippen molar-refractivity contribution in [2.45, 2.75) is 52.9 Å². The summed E-state index contributed by atoms with van der Waals surface area (Å²) in [5.41, 5.74) is 19.3. The average molecular weight is 408 g/mol. The molecule has 1 aliphatic carbocycles. The minimum atomic E-state index is 0.163. The van der Waals surface area contributed by atoms with E-state index in [4.69, 9.17) is 5.73 Å². The van der Waals surface area contributed by atoms with Gasteiger partial charge in [-0.05, 0) is 115 Å². The molecule has 31 heavy (non-hydrogen) atoms. The lowest BCUT2D eigenvalue weighted by molar-refractivity contribution is 0.811. The molecule has 158 valence electrons. The molecule has 0 aromatic heterocycles. The quantitative estimate of drug-likeness (QED) is 0.452. The zero-order chi connectivity index (χ0) is 22.0. The van der Waals surface area contributed by atoms with Gasteiger partial charge in [0.25, 0.3) is 0 Å². The van der Waals surface area contributed by atoms with Crippen LogP contribution in [0.5, 0.6) is 0 Å². The monoisotopic (exact) mass is 407 g/mol. The van der Waals surface area contributed by atoms with E-state index in [1.54, 1.807) is 6.20 Å². The summed E-state index contributed by atoms with van der Waals surface area (Å²) in [6, 6.07) is 23.0. The first-order chi connectivity index (χ1) is 15.0. The maximum absolute atomic E-state index is 6.05. The standard InChI is InChI=1S/C30H33N/c1-5-28-25-11-7-9-23(16-25)8-6-10-24-17-26(14-12-20(24)2)30(22(4)19-31)27-15-13-21(3)29(28)18-27/h5,7,9,11-19,30H,6,8,10,31H2,1-4H3/b22-19+,28-5-. The van der Waals surface area contributed by atoms with E-state index in [1.807, 2.05) is 0 Å². The molecule has 0 amide bonds. The molecule has 1 atom stereocenters. The van der Waals surface area contributed by atoms with Crippen LogP contribution in [0.3, 0.4) is 0 Å². The van der Waals surface area contributed by atoms with Crippen LogP contribution < -0.4 is 5.73 Å². The molecule has 0 spiro atoms. The third-order valence-corrected chi connectivity index (χ3v) is 6.75. The number of hydrogen-bond donors (Lipinski definition) is 1. The number of rotatable bonds is 1. The van der Waals surface area contributed by atoms with Gasteiger partial charge in [-0.25, -0.2) is 0 Å². The van der Waals surface area contributed by atoms with Gasteiger partial charge in [-0.2, -0.15) is 0 Å². The van der Waals surface area contributed by atoms with Gasteiger partial charge in [-0.1, -0.05) is 60.7 Å². The first-order valence-corrected chi connectivity index (χ1v) is 11.4. The lowest BCUT2D eigenvalue weighted by Gasteiger charge is -2.23. The summed E-state index contributed by atoms with van der Waals surface area (Å²) in [7, 11) is 0. The van der Waals surface area contributed by atoms with Crippen molar-refractivity contribution in [3.8, 4) is 0 Å². The molecule has 3 aromatic rings. The summed E-state index contributed by atoms with van der Waals surface area (Å²) in [6.07, 6.45) is 7.37. The van der Waals surface area contributed by atoms with Crippen molar-refractivity contribution in [2.24, 2.45) is 5.73 Å². The molecule has 2 N–H and O–H groups in total. The Bertz CT molecular complexity index is 1160. The minimum absolute atomic E-state index is 0.163. The van der Waals surface area contributed by atoms with E-state index in [0.717, 1.165) is 19.3 Å². The van der Waals surface area contributed by atoms with Crippen LogP contribution in [0.1, 0.15) is 70.7 Å². The molecule has 0 aliphatic heterocycles. The van der Waals surface area contributed by atoms with E-state index in [-0.39, 0.29) is 5.92 Å². The van der Waals surface area contributed by atoms with Gasteiger partial charge < -0.3 is 5.73 Å². The van der Waals surface area contributed by atoms with E-state index in [2.05, 4.69) is 94.4 Å². The summed E-state index contributed by atoms with van der Waals surface area (Å²) < 4.78 is 0. The maximum Gasteiger partial charge on any atom is 0.0313 e. The molecule has 3 aromatic carbocycles. The summed E-state index contributed by atoms with van der Waals surface area (Å²) in [6.45, 7) is 8.73. The number of aryl methyl sites for hydroxylation is 4. The minimum Gasteiger partial charge on any atom is -0.405 e. The van der Waals surface area contributed by atoms with Crippen molar-refractivity contribution in [3.63, 3.8) is 0 Å². The first kappa shape index (κ1) is 21.2. The highest BCUT2D eigenvalue weighted by atomic mass is 14.5. The van der Waals surface area contributed by atoms with Crippen LogP contribution in [0.15, 0.2) is 78.5 Å². The molecule has 1 aliphatic rings. The van der Waals surface area contributed by atoms with Crippen molar-refractivity contribution in [2.75, 3.05) is 0 Å². The molecule has 1 unspecified atom stereocenters. The SMILES string of the molecule is C/C=C1/c2cccc(c2)CCCc2cc(ccc2C)C(/C(C)=C/N)c2ccc(C)c1c2. The van der Waals surface area contributed by atoms with Crippen LogP contribution in [0, 0.1) is 13.8 Å². The Morgan fingerprint density at radius 2 is 1.65 bits per heavy atom. The summed E-state index contributed by atoms with van der Waals surface area (Å²) in [5, 5.41) is 0. The molecule has 4 rings (SSSR count). The Labute approximate surface area is 187 Å². The predicted molar refractivity (Wildman–Crippen MR) is 133 cm³/mol. The molecule has 1 heteroatoms. The van der Waals surface area contributed by atoms with Gasteiger partial charge in [-0.3, -0.25) is 0 Å². The second-order valence-electron chi connectivity index (χ2n) is 8.86. The Kier molecular flexibility index (Phi) is 6.13. The normalized spacial score (nSPS) is 18.0. The van der Waals surface area contributed by atoms with Gasteiger partial charge in [0.15, 0.2) is 0 Å². The number of hydrogen-bond acceptors (Lipinski definition) is 1. The van der Waals surface area contributed by atoms with Crippen molar-refractivity contribution < 1.29 is 0 Å². The van der Waals surface area contributed by atoms with E-state index in [0.29, 0.717) is 0 Å². The number of allylic oxidation sites excluding steroid dienone is 2. The highest BCUT2D eigenvalue weighted by Crippen LogP contribution is 2.36. The first-order valence-electron chi connectivity index (χ1n) is 11.4. The largest absolute Gasteiger partial charge is 0.405 e. The number of nitrogens with two attached hydrogens (primary N) is 1. The highest BCUT2D eigenvalue weighted by molar-refractivity contribution is 5.82. The van der Waals surface area contributed by atoms with Crippen LogP contribution in [-0.4, -0.2) is 0 Å². The molecule has 0 fully saturated rings. The molecule has 0 heterocycles. The lowest BCUT2D eigenvalue weighted by Crippen LogP contribution is -2.08. The van der Waals surface area contributed by atoms with Gasteiger partial charge >= 0.3 is 0 Å². The molecule has 1 nitrogen and oxygen atoms in total. The number of fused-ring (bicyclic) bond motifs is 6. The highest BCUT2D eigenvalue weighted by Gasteiger charge is 2.20. The third-order valence-electron chi connectivity index (χ3n) is 6.75. The Morgan fingerprint density at radius 1 is 0.903 bits per heavy atom. The fourth-order valence-corrected chi connectivity index (χ4v) is 4.92. The maximum atomic E-state index is 6.05. The smallest absolute Gasteiger partial charge is 0.0313 e. The fourth-order valence-electron chi connectivity index (χ4n) is 4.92. The van der Waals surface area contributed by atoms with Gasteiger partial charge in [0.2, 0.25) is 0 Å². The zero-order valence-electron chi connectivity index (χ0n) is 19.2. The molecule has 6 bridgehead atoms. The van der Waals surface area contributed by atoms with Gasteiger partial charge in [-0.15, -0.1) is 0 Å². The van der Waals surface area contributed by atoms with E-state index < -0.39 is 0 Å². The van der Waals surface area contributed by atoms with Crippen LogP contribution in [0.25, 0.3) is 5.57 Å². The Balaban J connectivity index is 1.99. The van der Waals surface area contributed by atoms with E-state index in [1.165, 1.54) is 55.7 Å². The van der Waals surface area contributed by atoms with E-state index >= 15 is 0 Å². The van der Waals surface area contributed by atoms with Gasteiger partial charge in [0.1, 0.15) is 0 Å². The number of benzene rings is 3. The molecule has 0 saturated heterocycles. The summed E-state index contributed by atoms with van der Waals surface area (Å²) in [5.74, 6) is 0.163. The van der Waals surface area contributed by atoms with Gasteiger partial charge in [0.05, 0.1) is 0 Å². The van der Waals surface area contributed by atoms with Crippen LogP contribution in [-0.2, 0) is 12.8 Å². The predicted octanol–water partition coefficient (Wildman–Crippen LogP) is 7.24. The van der Waals surface area contributed by atoms with Crippen molar-refractivity contribution in [1.82, 2.24) is 0 Å². The van der Waals surface area contributed by atoms with Crippen LogP contribution >= 0.6 is 0 Å². The molecular formula is C30H33N. The molecule has 0 radical (unpaired) electrons. The molecule has 0 saturated carbocycles. The lowest BCUT2D eigenvalue weighted by atomic mass is 9.81. The summed E-state index contributed by atoms with van der Waals surface area (Å²) >= 11 is 0. The topological polar surface area (TPSA) is 26.0 Å². The van der Waals surface area contributed by atoms with Crippen molar-refractivity contribution in [3.05, 3.63) is 123 Å². The Morgan fingerprint density at radius 3 is 2.39 bits per heavy atom. The zero-order valence-corrected chi connectivity index (χ0v) is 19.2. The van der Waals surface area contributed by atoms with E-state index in [9.17, 15) is 0 Å². The van der Waals surface area contributed by atoms with Crippen LogP contribution in [0.2, 0.25) is 0 Å². The van der Waals surface area contributed by atoms with Crippen LogP contribution in [0.4, 0.5) is 0 Å². The average Bonchev–Trinajstić information content (AvgIpc) is 2.78. The molecular weight excluding hydrogens is 374 g/mol. The van der Waals surface area contributed by atoms with Crippen molar-refractivity contribution in [1.29, 1.82) is 0 Å². The second kappa shape index (κ2) is 8.98.